The number of carbonyl (C=O) groups is 1. The maximum Gasteiger partial charge on any atom is 0.254 e. The van der Waals surface area contributed by atoms with Crippen LogP contribution in [0.25, 0.3) is 0 Å². The molecule has 1 aliphatic rings. The normalized spacial score (nSPS) is 15.7. The first-order chi connectivity index (χ1) is 10.1. The summed E-state index contributed by atoms with van der Waals surface area (Å²) in [7, 11) is -1.02. The SMILES string of the molecule is CS(=O)c1ccc(C(=O)N(Cc2ccco2)C2CC2)cc1. The van der Waals surface area contributed by atoms with E-state index in [9.17, 15) is 9.00 Å². The lowest BCUT2D eigenvalue weighted by molar-refractivity contribution is 0.0717. The Bertz CT molecular complexity index is 645. The molecule has 0 radical (unpaired) electrons. The van der Waals surface area contributed by atoms with Gasteiger partial charge in [0.05, 0.1) is 12.8 Å². The van der Waals surface area contributed by atoms with Crippen molar-refractivity contribution in [3.05, 3.63) is 54.0 Å². The number of hydrogen-bond acceptors (Lipinski definition) is 3. The van der Waals surface area contributed by atoms with Gasteiger partial charge < -0.3 is 9.32 Å². The average molecular weight is 303 g/mol. The zero-order chi connectivity index (χ0) is 14.8. The van der Waals surface area contributed by atoms with Crippen LogP contribution in [0, 0.1) is 0 Å². The molecule has 1 aliphatic carbocycles. The van der Waals surface area contributed by atoms with Crippen LogP contribution in [-0.2, 0) is 17.3 Å². The number of carbonyl (C=O) groups excluding carboxylic acids is 1. The van der Waals surface area contributed by atoms with Gasteiger partial charge in [-0.1, -0.05) is 0 Å². The van der Waals surface area contributed by atoms with Gasteiger partial charge in [-0.3, -0.25) is 9.00 Å². The van der Waals surface area contributed by atoms with Gasteiger partial charge in [0.25, 0.3) is 5.91 Å². The predicted octanol–water partition coefficient (Wildman–Crippen LogP) is 2.82. The fourth-order valence-electron chi connectivity index (χ4n) is 2.28. The summed E-state index contributed by atoms with van der Waals surface area (Å²) in [4.78, 5) is 15.2. The average Bonchev–Trinajstić information content (AvgIpc) is 3.20. The Morgan fingerprint density at radius 3 is 2.52 bits per heavy atom. The molecule has 5 heteroatoms. The first-order valence-corrected chi connectivity index (χ1v) is 8.48. The Balaban J connectivity index is 1.79. The van der Waals surface area contributed by atoms with Crippen LogP contribution in [0.3, 0.4) is 0 Å². The van der Waals surface area contributed by atoms with Crippen LogP contribution in [0.1, 0.15) is 29.0 Å². The van der Waals surface area contributed by atoms with Crippen molar-refractivity contribution in [1.29, 1.82) is 0 Å². The maximum atomic E-state index is 12.6. The summed E-state index contributed by atoms with van der Waals surface area (Å²) < 4.78 is 16.7. The molecule has 21 heavy (non-hydrogen) atoms. The molecule has 0 aliphatic heterocycles. The van der Waals surface area contributed by atoms with Crippen molar-refractivity contribution >= 4 is 16.7 Å². The number of nitrogens with zero attached hydrogens (tertiary/aromatic N) is 1. The fraction of sp³-hybridized carbons (Fsp3) is 0.312. The molecule has 0 bridgehead atoms. The summed E-state index contributed by atoms with van der Waals surface area (Å²) in [5.74, 6) is 0.795. The highest BCUT2D eigenvalue weighted by Crippen LogP contribution is 2.30. The highest BCUT2D eigenvalue weighted by atomic mass is 32.2. The lowest BCUT2D eigenvalue weighted by Crippen LogP contribution is -2.32. The summed E-state index contributed by atoms with van der Waals surface area (Å²) in [6, 6.07) is 11.0. The number of amides is 1. The Labute approximate surface area is 126 Å². The lowest BCUT2D eigenvalue weighted by atomic mass is 10.2. The van der Waals surface area contributed by atoms with Crippen molar-refractivity contribution in [3.8, 4) is 0 Å². The van der Waals surface area contributed by atoms with E-state index in [4.69, 9.17) is 4.42 Å². The van der Waals surface area contributed by atoms with Crippen LogP contribution in [0.2, 0.25) is 0 Å². The van der Waals surface area contributed by atoms with E-state index in [0.717, 1.165) is 23.5 Å². The topological polar surface area (TPSA) is 50.5 Å². The molecule has 3 rings (SSSR count). The second-order valence-corrected chi connectivity index (χ2v) is 6.60. The largest absolute Gasteiger partial charge is 0.467 e. The van der Waals surface area contributed by atoms with E-state index in [1.54, 1.807) is 36.8 Å². The molecular weight excluding hydrogens is 286 g/mol. The summed E-state index contributed by atoms with van der Waals surface area (Å²) in [6.07, 6.45) is 5.34. The molecule has 1 amide bonds. The molecule has 0 saturated heterocycles. The Morgan fingerprint density at radius 2 is 2.00 bits per heavy atom. The molecule has 4 nitrogen and oxygen atoms in total. The van der Waals surface area contributed by atoms with E-state index in [2.05, 4.69) is 0 Å². The van der Waals surface area contributed by atoms with Crippen LogP contribution in [0.5, 0.6) is 0 Å². The van der Waals surface area contributed by atoms with Crippen molar-refractivity contribution < 1.29 is 13.4 Å². The third-order valence-corrected chi connectivity index (χ3v) is 4.52. The van der Waals surface area contributed by atoms with Gasteiger partial charge in [-0.25, -0.2) is 0 Å². The molecule has 2 aromatic rings. The van der Waals surface area contributed by atoms with Crippen molar-refractivity contribution in [3.63, 3.8) is 0 Å². The molecule has 1 atom stereocenters. The molecule has 1 fully saturated rings. The van der Waals surface area contributed by atoms with Gasteiger partial charge in [0, 0.05) is 33.6 Å². The van der Waals surface area contributed by atoms with Crippen LogP contribution in [-0.4, -0.2) is 27.3 Å². The molecule has 1 aromatic heterocycles. The first-order valence-electron chi connectivity index (χ1n) is 6.92. The molecule has 0 spiro atoms. The second-order valence-electron chi connectivity index (χ2n) is 5.22. The monoisotopic (exact) mass is 303 g/mol. The quantitative estimate of drug-likeness (QED) is 0.853. The number of benzene rings is 1. The molecule has 1 unspecified atom stereocenters. The van der Waals surface area contributed by atoms with Crippen molar-refractivity contribution in [2.45, 2.75) is 30.3 Å². The Kier molecular flexibility index (Phi) is 3.92. The summed E-state index contributed by atoms with van der Waals surface area (Å²) >= 11 is 0. The van der Waals surface area contributed by atoms with Crippen LogP contribution in [0.15, 0.2) is 52.0 Å². The Hall–Kier alpha value is -1.88. The van der Waals surface area contributed by atoms with Gasteiger partial charge >= 0.3 is 0 Å². The standard InChI is InChI=1S/C16H17NO3S/c1-21(19)15-8-4-12(5-9-15)16(18)17(13-6-7-13)11-14-3-2-10-20-14/h2-5,8-10,13H,6-7,11H2,1H3. The van der Waals surface area contributed by atoms with Crippen molar-refractivity contribution in [1.82, 2.24) is 4.90 Å². The van der Waals surface area contributed by atoms with E-state index in [1.807, 2.05) is 17.0 Å². The second kappa shape index (κ2) is 5.85. The number of rotatable bonds is 5. The molecule has 110 valence electrons. The minimum atomic E-state index is -1.02. The maximum absolute atomic E-state index is 12.6. The van der Waals surface area contributed by atoms with Gasteiger partial charge in [0.2, 0.25) is 0 Å². The zero-order valence-electron chi connectivity index (χ0n) is 11.8. The summed E-state index contributed by atoms with van der Waals surface area (Å²) in [6.45, 7) is 0.498. The van der Waals surface area contributed by atoms with Gasteiger partial charge in [-0.2, -0.15) is 0 Å². The molecular formula is C16H17NO3S. The van der Waals surface area contributed by atoms with E-state index in [0.29, 0.717) is 18.2 Å². The van der Waals surface area contributed by atoms with Gasteiger partial charge in [-0.05, 0) is 49.2 Å². The van der Waals surface area contributed by atoms with E-state index < -0.39 is 10.8 Å². The Morgan fingerprint density at radius 1 is 1.29 bits per heavy atom. The lowest BCUT2D eigenvalue weighted by Gasteiger charge is -2.21. The van der Waals surface area contributed by atoms with E-state index in [1.165, 1.54) is 0 Å². The van der Waals surface area contributed by atoms with Crippen LogP contribution >= 0.6 is 0 Å². The van der Waals surface area contributed by atoms with E-state index >= 15 is 0 Å². The first kappa shape index (κ1) is 14.1. The van der Waals surface area contributed by atoms with Crippen molar-refractivity contribution in [2.24, 2.45) is 0 Å². The predicted molar refractivity (Wildman–Crippen MR) is 80.4 cm³/mol. The van der Waals surface area contributed by atoms with Gasteiger partial charge in [0.15, 0.2) is 0 Å². The molecule has 0 N–H and O–H groups in total. The van der Waals surface area contributed by atoms with Gasteiger partial charge in [-0.15, -0.1) is 0 Å². The fourth-order valence-corrected chi connectivity index (χ4v) is 2.80. The smallest absolute Gasteiger partial charge is 0.254 e. The minimum absolute atomic E-state index is 0.00216. The molecule has 1 heterocycles. The summed E-state index contributed by atoms with van der Waals surface area (Å²) in [5.41, 5.74) is 0.627. The third-order valence-electron chi connectivity index (χ3n) is 3.59. The summed E-state index contributed by atoms with van der Waals surface area (Å²) in [5, 5.41) is 0. The number of furan rings is 1. The minimum Gasteiger partial charge on any atom is -0.467 e. The molecule has 1 aromatic carbocycles. The zero-order valence-corrected chi connectivity index (χ0v) is 12.6. The highest BCUT2D eigenvalue weighted by Gasteiger charge is 2.33. The van der Waals surface area contributed by atoms with Crippen LogP contribution < -0.4 is 0 Å². The molecule has 1 saturated carbocycles. The number of hydrogen-bond donors (Lipinski definition) is 0. The third kappa shape index (κ3) is 3.24. The van der Waals surface area contributed by atoms with Crippen LogP contribution in [0.4, 0.5) is 0 Å². The van der Waals surface area contributed by atoms with E-state index in [-0.39, 0.29) is 5.91 Å². The highest BCUT2D eigenvalue weighted by molar-refractivity contribution is 7.84. The van der Waals surface area contributed by atoms with Crippen molar-refractivity contribution in [2.75, 3.05) is 6.26 Å². The van der Waals surface area contributed by atoms with Gasteiger partial charge in [0.1, 0.15) is 5.76 Å².